The summed E-state index contributed by atoms with van der Waals surface area (Å²) in [5.74, 6) is 0.516. The molecule has 1 unspecified atom stereocenters. The van der Waals surface area contributed by atoms with Crippen LogP contribution in [-0.4, -0.2) is 69.7 Å². The van der Waals surface area contributed by atoms with E-state index in [2.05, 4.69) is 41.9 Å². The molecule has 2 atom stereocenters. The molecule has 40 heavy (non-hydrogen) atoms. The molecule has 2 aliphatic heterocycles. The lowest BCUT2D eigenvalue weighted by molar-refractivity contribution is -0.113. The Hall–Kier alpha value is -3.60. The topological polar surface area (TPSA) is 116 Å². The molecule has 3 aromatic heterocycles. The van der Waals surface area contributed by atoms with Gasteiger partial charge in [-0.2, -0.15) is 5.10 Å². The molecule has 1 amide bonds. The maximum Gasteiger partial charge on any atom is 0.251 e. The first-order valence-electron chi connectivity index (χ1n) is 14.0. The van der Waals surface area contributed by atoms with Crippen LogP contribution in [0.3, 0.4) is 0 Å². The molecule has 4 aromatic rings. The molecule has 0 aliphatic carbocycles. The molecule has 208 valence electrons. The molecule has 2 aliphatic rings. The molecule has 9 nitrogen and oxygen atoms in total. The van der Waals surface area contributed by atoms with Gasteiger partial charge in [0, 0.05) is 83.8 Å². The highest BCUT2D eigenvalue weighted by Gasteiger charge is 2.31. The highest BCUT2D eigenvalue weighted by molar-refractivity contribution is 7.13. The molecule has 0 radical (unpaired) electrons. The monoisotopic (exact) mass is 556 g/mol. The SMILES string of the molecule is C=C(C(=O)Nc1ccc2[nH]nc(-c3ccnc(C)c3)c2c1)[C@H]1CCN(CC(N)C2CCN(c3nccs3)CC2)C1. The van der Waals surface area contributed by atoms with Gasteiger partial charge in [-0.05, 0) is 69.0 Å². The van der Waals surface area contributed by atoms with Gasteiger partial charge in [0.1, 0.15) is 5.69 Å². The van der Waals surface area contributed by atoms with E-state index in [0.717, 1.165) is 90.7 Å². The Kier molecular flexibility index (Phi) is 7.64. The number of likely N-dealkylation sites (tertiary alicyclic amines) is 1. The first kappa shape index (κ1) is 26.6. The number of benzene rings is 1. The molecule has 1 aromatic carbocycles. The summed E-state index contributed by atoms with van der Waals surface area (Å²) in [5.41, 5.74) is 11.7. The number of H-pyrrole nitrogens is 1. The Bertz CT molecular complexity index is 1490. The molecule has 0 spiro atoms. The van der Waals surface area contributed by atoms with E-state index in [4.69, 9.17) is 5.73 Å². The molecule has 2 saturated heterocycles. The fourth-order valence-corrected chi connectivity index (χ4v) is 6.72. The first-order valence-corrected chi connectivity index (χ1v) is 14.9. The first-order chi connectivity index (χ1) is 19.4. The minimum Gasteiger partial charge on any atom is -0.348 e. The number of hydrogen-bond acceptors (Lipinski definition) is 8. The van der Waals surface area contributed by atoms with Crippen molar-refractivity contribution in [2.45, 2.75) is 32.2 Å². The third kappa shape index (κ3) is 5.65. The number of carbonyl (C=O) groups is 1. The molecule has 0 bridgehead atoms. The summed E-state index contributed by atoms with van der Waals surface area (Å²) in [6.07, 6.45) is 6.76. The van der Waals surface area contributed by atoms with Crippen molar-refractivity contribution in [2.75, 3.05) is 42.9 Å². The lowest BCUT2D eigenvalue weighted by Crippen LogP contribution is -2.46. The van der Waals surface area contributed by atoms with E-state index in [1.54, 1.807) is 17.5 Å². The van der Waals surface area contributed by atoms with Crippen LogP contribution in [0.15, 0.2) is 60.3 Å². The van der Waals surface area contributed by atoms with E-state index in [-0.39, 0.29) is 17.9 Å². The Labute approximate surface area is 238 Å². The summed E-state index contributed by atoms with van der Waals surface area (Å²) < 4.78 is 0. The fraction of sp³-hybridized carbons (Fsp3) is 0.400. The lowest BCUT2D eigenvalue weighted by atomic mass is 9.89. The summed E-state index contributed by atoms with van der Waals surface area (Å²) >= 11 is 1.70. The van der Waals surface area contributed by atoms with Crippen LogP contribution >= 0.6 is 11.3 Å². The number of nitrogens with one attached hydrogen (secondary N) is 2. The van der Waals surface area contributed by atoms with Crippen molar-refractivity contribution in [1.29, 1.82) is 0 Å². The van der Waals surface area contributed by atoms with Gasteiger partial charge in [-0.3, -0.25) is 14.9 Å². The standard InChI is InChI=1S/C30H36N8OS/c1-19-15-22(5-9-32-19)28-25-16-24(3-4-27(25)35-36-28)34-29(39)20(2)23-6-11-37(17-23)18-26(31)21-7-12-38(13-8-21)30-33-10-14-40-30/h3-5,9-10,14-16,21,23,26H,2,6-8,11-13,17-18,31H2,1H3,(H,34,39)(H,35,36)/t23-,26?/m0/s1. The number of anilines is 2. The minimum atomic E-state index is -0.130. The number of aromatic amines is 1. The third-order valence-corrected chi connectivity index (χ3v) is 9.18. The normalized spacial score (nSPS) is 19.2. The molecule has 2 fully saturated rings. The van der Waals surface area contributed by atoms with Crippen molar-refractivity contribution in [3.63, 3.8) is 0 Å². The summed E-state index contributed by atoms with van der Waals surface area (Å²) in [5, 5.41) is 14.8. The zero-order valence-electron chi connectivity index (χ0n) is 22.8. The molecular formula is C30H36N8OS. The van der Waals surface area contributed by atoms with Crippen molar-refractivity contribution < 1.29 is 4.79 Å². The molecule has 5 heterocycles. The second kappa shape index (κ2) is 11.5. The average molecular weight is 557 g/mol. The summed E-state index contributed by atoms with van der Waals surface area (Å²) in [6.45, 7) is 10.8. The van der Waals surface area contributed by atoms with Crippen LogP contribution in [0.5, 0.6) is 0 Å². The number of carbonyl (C=O) groups excluding carboxylic acids is 1. The fourth-order valence-electron chi connectivity index (χ4n) is 6.02. The van der Waals surface area contributed by atoms with Crippen LogP contribution in [0.2, 0.25) is 0 Å². The van der Waals surface area contributed by atoms with Crippen LogP contribution in [-0.2, 0) is 4.79 Å². The summed E-state index contributed by atoms with van der Waals surface area (Å²) in [7, 11) is 0. The third-order valence-electron chi connectivity index (χ3n) is 8.35. The number of amides is 1. The highest BCUT2D eigenvalue weighted by Crippen LogP contribution is 2.31. The van der Waals surface area contributed by atoms with Gasteiger partial charge in [0.2, 0.25) is 0 Å². The Morgan fingerprint density at radius 1 is 1.18 bits per heavy atom. The molecule has 10 heteroatoms. The molecule has 6 rings (SSSR count). The number of piperidine rings is 1. The van der Waals surface area contributed by atoms with Gasteiger partial charge in [-0.1, -0.05) is 6.58 Å². The maximum absolute atomic E-state index is 13.2. The number of nitrogens with two attached hydrogens (primary N) is 1. The van der Waals surface area contributed by atoms with Crippen LogP contribution < -0.4 is 16.0 Å². The lowest BCUT2D eigenvalue weighted by Gasteiger charge is -2.35. The second-order valence-electron chi connectivity index (χ2n) is 11.0. The number of thiazole rings is 1. The van der Waals surface area contributed by atoms with Gasteiger partial charge in [0.15, 0.2) is 5.13 Å². The van der Waals surface area contributed by atoms with Crippen molar-refractivity contribution in [1.82, 2.24) is 25.1 Å². The maximum atomic E-state index is 13.2. The smallest absolute Gasteiger partial charge is 0.251 e. The largest absolute Gasteiger partial charge is 0.348 e. The van der Waals surface area contributed by atoms with Crippen molar-refractivity contribution in [2.24, 2.45) is 17.6 Å². The second-order valence-corrected chi connectivity index (χ2v) is 11.9. The zero-order chi connectivity index (χ0) is 27.6. The van der Waals surface area contributed by atoms with Gasteiger partial charge < -0.3 is 20.9 Å². The molecule has 4 N–H and O–H groups in total. The number of hydrogen-bond donors (Lipinski definition) is 3. The molecule has 0 saturated carbocycles. The molecular weight excluding hydrogens is 520 g/mol. The quantitative estimate of drug-likeness (QED) is 0.275. The number of nitrogens with zero attached hydrogens (tertiary/aromatic N) is 5. The van der Waals surface area contributed by atoms with E-state index in [1.807, 2.05) is 48.8 Å². The Morgan fingerprint density at radius 2 is 2.02 bits per heavy atom. The average Bonchev–Trinajstić information content (AvgIpc) is 3.74. The van der Waals surface area contributed by atoms with E-state index in [9.17, 15) is 4.79 Å². The van der Waals surface area contributed by atoms with Crippen LogP contribution in [0.25, 0.3) is 22.2 Å². The van der Waals surface area contributed by atoms with Gasteiger partial charge in [0.05, 0.1) is 5.52 Å². The van der Waals surface area contributed by atoms with E-state index in [1.165, 1.54) is 0 Å². The summed E-state index contributed by atoms with van der Waals surface area (Å²) in [6, 6.07) is 9.89. The van der Waals surface area contributed by atoms with Crippen LogP contribution in [0.1, 0.15) is 25.0 Å². The van der Waals surface area contributed by atoms with Gasteiger partial charge in [-0.25, -0.2) is 4.98 Å². The van der Waals surface area contributed by atoms with Gasteiger partial charge in [-0.15, -0.1) is 11.3 Å². The number of pyridine rings is 1. The van der Waals surface area contributed by atoms with Crippen molar-refractivity contribution in [3.8, 4) is 11.3 Å². The van der Waals surface area contributed by atoms with E-state index < -0.39 is 0 Å². The number of rotatable bonds is 8. The predicted molar refractivity (Wildman–Crippen MR) is 161 cm³/mol. The van der Waals surface area contributed by atoms with Crippen LogP contribution in [0.4, 0.5) is 10.8 Å². The van der Waals surface area contributed by atoms with Crippen molar-refractivity contribution >= 4 is 39.0 Å². The summed E-state index contributed by atoms with van der Waals surface area (Å²) in [4.78, 5) is 26.7. The predicted octanol–water partition coefficient (Wildman–Crippen LogP) is 4.45. The van der Waals surface area contributed by atoms with Crippen molar-refractivity contribution in [3.05, 3.63) is 66.0 Å². The number of aryl methyl sites for hydroxylation is 1. The highest BCUT2D eigenvalue weighted by atomic mass is 32.1. The van der Waals surface area contributed by atoms with Crippen LogP contribution in [0, 0.1) is 18.8 Å². The van der Waals surface area contributed by atoms with E-state index >= 15 is 0 Å². The Balaban J connectivity index is 1.02. The van der Waals surface area contributed by atoms with Gasteiger partial charge in [0.25, 0.3) is 5.91 Å². The number of aromatic nitrogens is 4. The van der Waals surface area contributed by atoms with Gasteiger partial charge >= 0.3 is 0 Å². The van der Waals surface area contributed by atoms with E-state index in [0.29, 0.717) is 11.5 Å². The minimum absolute atomic E-state index is 0.130. The number of fused-ring (bicyclic) bond motifs is 1. The Morgan fingerprint density at radius 3 is 2.80 bits per heavy atom. The zero-order valence-corrected chi connectivity index (χ0v) is 23.7.